The van der Waals surface area contributed by atoms with Crippen molar-refractivity contribution in [1.29, 1.82) is 0 Å². The van der Waals surface area contributed by atoms with Gasteiger partial charge in [-0.05, 0) is 18.2 Å². The first-order chi connectivity index (χ1) is 9.99. The summed E-state index contributed by atoms with van der Waals surface area (Å²) in [5.41, 5.74) is 0.166. The van der Waals surface area contributed by atoms with E-state index in [1.54, 1.807) is 0 Å². The number of hydrogen-bond acceptors (Lipinski definition) is 4. The van der Waals surface area contributed by atoms with E-state index in [2.05, 4.69) is 5.32 Å². The molecule has 8 heteroatoms. The van der Waals surface area contributed by atoms with Crippen molar-refractivity contribution in [2.24, 2.45) is 0 Å². The van der Waals surface area contributed by atoms with Gasteiger partial charge in [-0.2, -0.15) is 4.31 Å². The van der Waals surface area contributed by atoms with Crippen molar-refractivity contribution in [2.75, 3.05) is 38.6 Å². The van der Waals surface area contributed by atoms with Gasteiger partial charge < -0.3 is 10.1 Å². The summed E-state index contributed by atoms with van der Waals surface area (Å²) >= 11 is 0. The highest BCUT2D eigenvalue weighted by atomic mass is 32.2. The Morgan fingerprint density at radius 3 is 2.71 bits per heavy atom. The molecule has 0 saturated carbocycles. The SMILES string of the molecule is O=C(NCCS(=O)(=O)N1CCOCC1)c1cccc(F)c1. The topological polar surface area (TPSA) is 75.7 Å². The average Bonchev–Trinajstić information content (AvgIpc) is 2.48. The van der Waals surface area contributed by atoms with Crippen LogP contribution in [0.3, 0.4) is 0 Å². The van der Waals surface area contributed by atoms with Gasteiger partial charge in [0.05, 0.1) is 19.0 Å². The third-order valence-electron chi connectivity index (χ3n) is 3.10. The Morgan fingerprint density at radius 1 is 1.33 bits per heavy atom. The Labute approximate surface area is 122 Å². The third-order valence-corrected chi connectivity index (χ3v) is 4.97. The van der Waals surface area contributed by atoms with Crippen molar-refractivity contribution in [3.05, 3.63) is 35.6 Å². The summed E-state index contributed by atoms with van der Waals surface area (Å²) in [6, 6.07) is 5.23. The lowest BCUT2D eigenvalue weighted by Gasteiger charge is -2.26. The van der Waals surface area contributed by atoms with Gasteiger partial charge in [-0.15, -0.1) is 0 Å². The number of sulfonamides is 1. The lowest BCUT2D eigenvalue weighted by Crippen LogP contribution is -2.43. The van der Waals surface area contributed by atoms with E-state index >= 15 is 0 Å². The van der Waals surface area contributed by atoms with Gasteiger partial charge in [0.25, 0.3) is 5.91 Å². The van der Waals surface area contributed by atoms with Crippen LogP contribution in [-0.2, 0) is 14.8 Å². The molecule has 0 aliphatic carbocycles. The number of amides is 1. The van der Waals surface area contributed by atoms with E-state index in [0.29, 0.717) is 26.3 Å². The highest BCUT2D eigenvalue weighted by molar-refractivity contribution is 7.89. The predicted octanol–water partition coefficient (Wildman–Crippen LogP) is 0.218. The Balaban J connectivity index is 1.84. The Bertz CT molecular complexity index is 600. The van der Waals surface area contributed by atoms with Crippen molar-refractivity contribution in [1.82, 2.24) is 9.62 Å². The predicted molar refractivity (Wildman–Crippen MR) is 74.9 cm³/mol. The minimum atomic E-state index is -3.40. The minimum absolute atomic E-state index is 0.0188. The Morgan fingerprint density at radius 2 is 2.05 bits per heavy atom. The molecule has 1 aromatic rings. The third kappa shape index (κ3) is 4.48. The van der Waals surface area contributed by atoms with Gasteiger partial charge in [0.15, 0.2) is 0 Å². The average molecular weight is 316 g/mol. The smallest absolute Gasteiger partial charge is 0.251 e. The van der Waals surface area contributed by atoms with E-state index in [1.807, 2.05) is 0 Å². The van der Waals surface area contributed by atoms with Crippen molar-refractivity contribution < 1.29 is 22.3 Å². The van der Waals surface area contributed by atoms with E-state index in [9.17, 15) is 17.6 Å². The maximum Gasteiger partial charge on any atom is 0.251 e. The molecule has 1 amide bonds. The zero-order chi connectivity index (χ0) is 15.3. The lowest BCUT2D eigenvalue weighted by atomic mass is 10.2. The van der Waals surface area contributed by atoms with Crippen molar-refractivity contribution >= 4 is 15.9 Å². The van der Waals surface area contributed by atoms with Crippen LogP contribution in [0.25, 0.3) is 0 Å². The molecule has 21 heavy (non-hydrogen) atoms. The molecule has 1 N–H and O–H groups in total. The Hall–Kier alpha value is -1.51. The summed E-state index contributed by atoms with van der Waals surface area (Å²) < 4.78 is 43.5. The molecule has 0 bridgehead atoms. The van der Waals surface area contributed by atoms with E-state index in [0.717, 1.165) is 6.07 Å². The fourth-order valence-corrected chi connectivity index (χ4v) is 3.30. The molecule has 2 rings (SSSR count). The molecule has 0 aromatic heterocycles. The van der Waals surface area contributed by atoms with Gasteiger partial charge >= 0.3 is 0 Å². The van der Waals surface area contributed by atoms with Gasteiger partial charge in [-0.25, -0.2) is 12.8 Å². The highest BCUT2D eigenvalue weighted by Crippen LogP contribution is 2.06. The number of benzene rings is 1. The number of nitrogens with zero attached hydrogens (tertiary/aromatic N) is 1. The van der Waals surface area contributed by atoms with E-state index in [-0.39, 0.29) is 17.9 Å². The number of rotatable bonds is 5. The number of carbonyl (C=O) groups excluding carboxylic acids is 1. The number of halogens is 1. The van der Waals surface area contributed by atoms with Crippen LogP contribution in [0.1, 0.15) is 10.4 Å². The first-order valence-corrected chi connectivity index (χ1v) is 8.19. The summed E-state index contributed by atoms with van der Waals surface area (Å²) in [6.07, 6.45) is 0. The van der Waals surface area contributed by atoms with Crippen LogP contribution in [0.2, 0.25) is 0 Å². The first kappa shape index (κ1) is 15.9. The Kier molecular flexibility index (Phi) is 5.27. The molecule has 1 heterocycles. The van der Waals surface area contributed by atoms with Gasteiger partial charge in [0, 0.05) is 25.2 Å². The van der Waals surface area contributed by atoms with E-state index in [1.165, 1.54) is 22.5 Å². The summed E-state index contributed by atoms with van der Waals surface area (Å²) in [5.74, 6) is -1.19. The van der Waals surface area contributed by atoms with Crippen LogP contribution >= 0.6 is 0 Å². The van der Waals surface area contributed by atoms with Gasteiger partial charge in [-0.3, -0.25) is 4.79 Å². The lowest BCUT2D eigenvalue weighted by molar-refractivity contribution is 0.0730. The minimum Gasteiger partial charge on any atom is -0.379 e. The second kappa shape index (κ2) is 6.97. The van der Waals surface area contributed by atoms with Gasteiger partial charge in [-0.1, -0.05) is 6.07 Å². The monoisotopic (exact) mass is 316 g/mol. The van der Waals surface area contributed by atoms with Crippen LogP contribution < -0.4 is 5.32 Å². The molecular weight excluding hydrogens is 299 g/mol. The zero-order valence-electron chi connectivity index (χ0n) is 11.4. The normalized spacial score (nSPS) is 16.6. The van der Waals surface area contributed by atoms with Crippen molar-refractivity contribution in [3.8, 4) is 0 Å². The fourth-order valence-electron chi connectivity index (χ4n) is 1.98. The molecular formula is C13H17FN2O4S. The molecule has 1 saturated heterocycles. The van der Waals surface area contributed by atoms with Crippen LogP contribution in [0.4, 0.5) is 4.39 Å². The summed E-state index contributed by atoms with van der Waals surface area (Å²) in [4.78, 5) is 11.8. The molecule has 1 fully saturated rings. The summed E-state index contributed by atoms with van der Waals surface area (Å²) in [6.45, 7) is 1.42. The molecule has 0 atom stereocenters. The van der Waals surface area contributed by atoms with E-state index in [4.69, 9.17) is 4.74 Å². The second-order valence-electron chi connectivity index (χ2n) is 4.59. The second-order valence-corrected chi connectivity index (χ2v) is 6.68. The molecule has 6 nitrogen and oxygen atoms in total. The molecule has 0 unspecified atom stereocenters. The number of carbonyl (C=O) groups is 1. The summed E-state index contributed by atoms with van der Waals surface area (Å²) in [5, 5.41) is 2.48. The number of ether oxygens (including phenoxy) is 1. The van der Waals surface area contributed by atoms with E-state index < -0.39 is 21.7 Å². The number of hydrogen-bond donors (Lipinski definition) is 1. The van der Waals surface area contributed by atoms with Crippen LogP contribution in [0.5, 0.6) is 0 Å². The molecule has 1 aliphatic heterocycles. The van der Waals surface area contributed by atoms with Gasteiger partial charge in [0.1, 0.15) is 5.82 Å². The standard InChI is InChI=1S/C13H17FN2O4S/c14-12-3-1-2-11(10-12)13(17)15-4-9-21(18,19)16-5-7-20-8-6-16/h1-3,10H,4-9H2,(H,15,17). The van der Waals surface area contributed by atoms with Crippen molar-refractivity contribution in [2.45, 2.75) is 0 Å². The van der Waals surface area contributed by atoms with Crippen LogP contribution in [-0.4, -0.2) is 57.2 Å². The van der Waals surface area contributed by atoms with Crippen LogP contribution in [0, 0.1) is 5.82 Å². The largest absolute Gasteiger partial charge is 0.379 e. The maximum atomic E-state index is 13.0. The quantitative estimate of drug-likeness (QED) is 0.843. The number of nitrogens with one attached hydrogen (secondary N) is 1. The summed E-state index contributed by atoms with van der Waals surface area (Å²) in [7, 11) is -3.40. The molecule has 1 aliphatic rings. The van der Waals surface area contributed by atoms with Gasteiger partial charge in [0.2, 0.25) is 10.0 Å². The maximum absolute atomic E-state index is 13.0. The molecule has 0 spiro atoms. The highest BCUT2D eigenvalue weighted by Gasteiger charge is 2.23. The fraction of sp³-hybridized carbons (Fsp3) is 0.462. The van der Waals surface area contributed by atoms with Crippen molar-refractivity contribution in [3.63, 3.8) is 0 Å². The molecule has 0 radical (unpaired) electrons. The molecule has 116 valence electrons. The van der Waals surface area contributed by atoms with Crippen LogP contribution in [0.15, 0.2) is 24.3 Å². The first-order valence-electron chi connectivity index (χ1n) is 6.58. The molecule has 1 aromatic carbocycles. The zero-order valence-corrected chi connectivity index (χ0v) is 12.2. The number of morpholine rings is 1.